The fourth-order valence-electron chi connectivity index (χ4n) is 3.71. The van der Waals surface area contributed by atoms with Crippen LogP contribution in [-0.2, 0) is 9.59 Å². The highest BCUT2D eigenvalue weighted by Gasteiger charge is 2.24. The molecule has 1 atom stereocenters. The van der Waals surface area contributed by atoms with Crippen LogP contribution in [0.25, 0.3) is 0 Å². The highest BCUT2D eigenvalue weighted by molar-refractivity contribution is 5.76. The fourth-order valence-corrected chi connectivity index (χ4v) is 3.71. The molecule has 0 aromatic heterocycles. The lowest BCUT2D eigenvalue weighted by molar-refractivity contribution is -0.121. The predicted octanol–water partition coefficient (Wildman–Crippen LogP) is 0.542. The number of nitroso groups, excluding NO2 is 2. The van der Waals surface area contributed by atoms with Crippen molar-refractivity contribution in [2.45, 2.75) is 47.1 Å². The fraction of sp³-hybridized carbons (Fsp3) is 0.909. The third kappa shape index (κ3) is 16.6. The van der Waals surface area contributed by atoms with Gasteiger partial charge in [0.05, 0.1) is 26.2 Å². The molecule has 0 saturated carbocycles. The SMILES string of the molecule is CC.CC.CCC1CN(CCN=O)CCN(CCN=O)CCN(CC(N)=O)CCN1CC(N)=O. The van der Waals surface area contributed by atoms with E-state index in [9.17, 15) is 19.4 Å². The van der Waals surface area contributed by atoms with E-state index in [4.69, 9.17) is 11.5 Å². The summed E-state index contributed by atoms with van der Waals surface area (Å²) in [5, 5.41) is 5.94. The highest BCUT2D eigenvalue weighted by Crippen LogP contribution is 2.09. The number of hydrogen-bond acceptors (Lipinski definition) is 10. The molecular formula is C22H48N8O4. The Kier molecular flexibility index (Phi) is 22.9. The Labute approximate surface area is 205 Å². The summed E-state index contributed by atoms with van der Waals surface area (Å²) in [5.41, 5.74) is 10.9. The van der Waals surface area contributed by atoms with E-state index in [1.807, 2.05) is 44.4 Å². The van der Waals surface area contributed by atoms with Crippen molar-refractivity contribution < 1.29 is 9.59 Å². The molecule has 0 spiro atoms. The first kappa shape index (κ1) is 34.1. The second kappa shape index (κ2) is 22.8. The molecule has 0 radical (unpaired) electrons. The number of nitrogens with zero attached hydrogens (tertiary/aromatic N) is 6. The molecule has 34 heavy (non-hydrogen) atoms. The van der Waals surface area contributed by atoms with Gasteiger partial charge in [-0.3, -0.25) is 29.2 Å². The molecule has 1 heterocycles. The molecule has 1 rings (SSSR count). The first-order chi connectivity index (χ1) is 16.4. The normalized spacial score (nSPS) is 19.3. The third-order valence-corrected chi connectivity index (χ3v) is 5.38. The van der Waals surface area contributed by atoms with Gasteiger partial charge in [0, 0.05) is 64.9 Å². The minimum absolute atomic E-state index is 0.0594. The van der Waals surface area contributed by atoms with Crippen molar-refractivity contribution in [2.24, 2.45) is 21.8 Å². The van der Waals surface area contributed by atoms with Crippen LogP contribution in [0.15, 0.2) is 10.4 Å². The van der Waals surface area contributed by atoms with Gasteiger partial charge in [-0.2, -0.15) is 9.81 Å². The molecule has 2 amide bonds. The quantitative estimate of drug-likeness (QED) is 0.399. The molecule has 200 valence electrons. The van der Waals surface area contributed by atoms with Crippen molar-refractivity contribution >= 4 is 11.8 Å². The zero-order valence-corrected chi connectivity index (χ0v) is 21.9. The Balaban J connectivity index is 0. The van der Waals surface area contributed by atoms with Gasteiger partial charge in [-0.25, -0.2) is 0 Å². The van der Waals surface area contributed by atoms with E-state index in [-0.39, 0.29) is 32.2 Å². The summed E-state index contributed by atoms with van der Waals surface area (Å²) in [6.07, 6.45) is 0.799. The maximum absolute atomic E-state index is 11.6. The van der Waals surface area contributed by atoms with E-state index >= 15 is 0 Å². The molecule has 0 aliphatic carbocycles. The Hall–Kier alpha value is -2.02. The number of amides is 2. The second-order valence-corrected chi connectivity index (χ2v) is 7.59. The van der Waals surface area contributed by atoms with Crippen LogP contribution in [0.4, 0.5) is 0 Å². The van der Waals surface area contributed by atoms with Crippen molar-refractivity contribution in [2.75, 3.05) is 85.1 Å². The van der Waals surface area contributed by atoms with E-state index in [0.717, 1.165) is 6.42 Å². The molecule has 0 aromatic rings. The van der Waals surface area contributed by atoms with E-state index < -0.39 is 11.8 Å². The lowest BCUT2D eigenvalue weighted by Gasteiger charge is -2.37. The van der Waals surface area contributed by atoms with Gasteiger partial charge < -0.3 is 11.5 Å². The van der Waals surface area contributed by atoms with Gasteiger partial charge in [-0.15, -0.1) is 0 Å². The minimum Gasteiger partial charge on any atom is -0.369 e. The topological polar surface area (TPSA) is 158 Å². The van der Waals surface area contributed by atoms with Crippen molar-refractivity contribution in [3.05, 3.63) is 9.81 Å². The molecule has 1 unspecified atom stereocenters. The Bertz CT molecular complexity index is 553. The summed E-state index contributed by atoms with van der Waals surface area (Å²) in [5.74, 6) is -0.820. The number of primary amides is 2. The van der Waals surface area contributed by atoms with E-state index in [0.29, 0.717) is 58.9 Å². The van der Waals surface area contributed by atoms with Crippen molar-refractivity contribution in [3.8, 4) is 0 Å². The largest absolute Gasteiger partial charge is 0.369 e. The molecule has 1 aliphatic rings. The van der Waals surface area contributed by atoms with Crippen LogP contribution >= 0.6 is 0 Å². The van der Waals surface area contributed by atoms with Crippen LogP contribution in [0.5, 0.6) is 0 Å². The van der Waals surface area contributed by atoms with E-state index in [1.54, 1.807) is 0 Å². The van der Waals surface area contributed by atoms with Gasteiger partial charge in [-0.05, 0) is 6.42 Å². The van der Waals surface area contributed by atoms with Crippen molar-refractivity contribution in [3.63, 3.8) is 0 Å². The molecule has 1 fully saturated rings. The second-order valence-electron chi connectivity index (χ2n) is 7.59. The van der Waals surface area contributed by atoms with Crippen LogP contribution < -0.4 is 11.5 Å². The molecule has 0 aromatic carbocycles. The van der Waals surface area contributed by atoms with Gasteiger partial charge >= 0.3 is 0 Å². The predicted molar refractivity (Wildman–Crippen MR) is 137 cm³/mol. The van der Waals surface area contributed by atoms with Crippen LogP contribution in [0, 0.1) is 9.81 Å². The number of carbonyl (C=O) groups is 2. The standard InChI is InChI=1S/C18H36N8O4.2C2H6/c1-2-16-13-24(6-4-22-30)9-7-23(5-3-21-29)8-10-25(14-17(19)27)11-12-26(16)15-18(20)28;2*1-2/h16H,2-15H2,1H3,(H2,19,27)(H2,20,28);2*1-2H3. The Morgan fingerprint density at radius 1 is 0.735 bits per heavy atom. The minimum atomic E-state index is -0.413. The highest BCUT2D eigenvalue weighted by atomic mass is 16.3. The molecule has 12 heteroatoms. The third-order valence-electron chi connectivity index (χ3n) is 5.38. The van der Waals surface area contributed by atoms with Gasteiger partial charge in [0.2, 0.25) is 11.8 Å². The number of carbonyl (C=O) groups excluding carboxylic acids is 2. The van der Waals surface area contributed by atoms with Gasteiger partial charge in [-0.1, -0.05) is 45.0 Å². The van der Waals surface area contributed by atoms with E-state index in [2.05, 4.69) is 20.2 Å². The molecular weight excluding hydrogens is 440 g/mol. The molecule has 0 bridgehead atoms. The summed E-state index contributed by atoms with van der Waals surface area (Å²) in [6.45, 7) is 16.1. The zero-order chi connectivity index (χ0) is 26.4. The van der Waals surface area contributed by atoms with Crippen molar-refractivity contribution in [1.29, 1.82) is 0 Å². The van der Waals surface area contributed by atoms with Gasteiger partial charge in [0.1, 0.15) is 0 Å². The van der Waals surface area contributed by atoms with Gasteiger partial charge in [0.25, 0.3) is 0 Å². The summed E-state index contributed by atoms with van der Waals surface area (Å²) in [6, 6.07) is 0.0594. The molecule has 1 aliphatic heterocycles. The maximum atomic E-state index is 11.6. The summed E-state index contributed by atoms with van der Waals surface area (Å²) in [4.78, 5) is 52.7. The average molecular weight is 489 g/mol. The van der Waals surface area contributed by atoms with Crippen molar-refractivity contribution in [1.82, 2.24) is 19.6 Å². The first-order valence-corrected chi connectivity index (χ1v) is 12.5. The lowest BCUT2D eigenvalue weighted by atomic mass is 10.1. The van der Waals surface area contributed by atoms with E-state index in [1.165, 1.54) is 0 Å². The molecule has 4 N–H and O–H groups in total. The Morgan fingerprint density at radius 3 is 1.65 bits per heavy atom. The Morgan fingerprint density at radius 2 is 1.18 bits per heavy atom. The number of hydrogen-bond donors (Lipinski definition) is 2. The number of rotatable bonds is 11. The summed E-state index contributed by atoms with van der Waals surface area (Å²) >= 11 is 0. The van der Waals surface area contributed by atoms with Crippen LogP contribution in [0.2, 0.25) is 0 Å². The molecule has 1 saturated heterocycles. The summed E-state index contributed by atoms with van der Waals surface area (Å²) < 4.78 is 0. The van der Waals surface area contributed by atoms with Crippen LogP contribution in [0.1, 0.15) is 41.0 Å². The van der Waals surface area contributed by atoms with Gasteiger partial charge in [0.15, 0.2) is 0 Å². The monoisotopic (exact) mass is 488 g/mol. The zero-order valence-electron chi connectivity index (χ0n) is 21.9. The summed E-state index contributed by atoms with van der Waals surface area (Å²) in [7, 11) is 0. The maximum Gasteiger partial charge on any atom is 0.231 e. The average Bonchev–Trinajstić information content (AvgIpc) is 2.83. The first-order valence-electron chi connectivity index (χ1n) is 12.5. The van der Waals surface area contributed by atoms with Crippen LogP contribution in [0.3, 0.4) is 0 Å². The smallest absolute Gasteiger partial charge is 0.231 e. The molecule has 12 nitrogen and oxygen atoms in total. The van der Waals surface area contributed by atoms with Crippen LogP contribution in [-0.4, -0.2) is 123 Å². The number of nitrogens with two attached hydrogens (primary N) is 2. The lowest BCUT2D eigenvalue weighted by Crippen LogP contribution is -2.53.